The number of carbonyl (C=O) groups is 1. The first-order chi connectivity index (χ1) is 13.5. The Morgan fingerprint density at radius 2 is 1.89 bits per heavy atom. The average Bonchev–Trinajstić information content (AvgIpc) is 2.67. The fourth-order valence-electron chi connectivity index (χ4n) is 3.29. The van der Waals surface area contributed by atoms with Gasteiger partial charge in [0, 0.05) is 6.92 Å². The zero-order chi connectivity index (χ0) is 19.8. The third-order valence-corrected chi connectivity index (χ3v) is 4.45. The van der Waals surface area contributed by atoms with Crippen LogP contribution in [0.5, 0.6) is 11.5 Å². The zero-order valence-electron chi connectivity index (χ0n) is 14.8. The Kier molecular flexibility index (Phi) is 4.09. The van der Waals surface area contributed by atoms with Crippen LogP contribution in [0.15, 0.2) is 69.2 Å². The number of para-hydroxylation sites is 1. The number of ether oxygens (including phenoxy) is 2. The molecule has 1 aromatic heterocycles. The number of esters is 1. The fraction of sp³-hybridized carbons (Fsp3) is 0.0952. The molecule has 0 bridgehead atoms. The number of carbonyl (C=O) groups excluding carboxylic acids is 1. The molecule has 138 valence electrons. The maximum absolute atomic E-state index is 12.8. The van der Waals surface area contributed by atoms with Crippen molar-refractivity contribution in [1.82, 2.24) is 0 Å². The lowest BCUT2D eigenvalue weighted by Gasteiger charge is -2.26. The van der Waals surface area contributed by atoms with E-state index < -0.39 is 17.5 Å². The van der Waals surface area contributed by atoms with Crippen molar-refractivity contribution >= 4 is 16.9 Å². The quantitative estimate of drug-likeness (QED) is 0.416. The number of hydrogen-bond acceptors (Lipinski definition) is 7. The summed E-state index contributed by atoms with van der Waals surface area (Å²) in [6, 6.07) is 15.5. The lowest BCUT2D eigenvalue weighted by molar-refractivity contribution is -0.131. The molecule has 1 unspecified atom stereocenters. The lowest BCUT2D eigenvalue weighted by Crippen LogP contribution is -2.26. The highest BCUT2D eigenvalue weighted by atomic mass is 16.5. The van der Waals surface area contributed by atoms with Crippen LogP contribution in [0.2, 0.25) is 0 Å². The Labute approximate surface area is 159 Å². The van der Waals surface area contributed by atoms with E-state index in [1.807, 2.05) is 6.07 Å². The highest BCUT2D eigenvalue weighted by molar-refractivity contribution is 5.86. The van der Waals surface area contributed by atoms with Gasteiger partial charge < -0.3 is 19.6 Å². The monoisotopic (exact) mass is 374 g/mol. The molecule has 0 saturated heterocycles. The summed E-state index contributed by atoms with van der Waals surface area (Å²) in [5, 5.41) is 10.2. The van der Waals surface area contributed by atoms with Crippen molar-refractivity contribution in [3.63, 3.8) is 0 Å². The minimum Gasteiger partial charge on any atom is -0.439 e. The second-order valence-corrected chi connectivity index (χ2v) is 6.22. The van der Waals surface area contributed by atoms with Crippen LogP contribution in [0.3, 0.4) is 0 Å². The van der Waals surface area contributed by atoms with Crippen molar-refractivity contribution < 1.29 is 18.7 Å². The highest BCUT2D eigenvalue weighted by Gasteiger charge is 2.35. The van der Waals surface area contributed by atoms with Gasteiger partial charge in [-0.2, -0.15) is 5.26 Å². The number of nitrogens with zero attached hydrogens (tertiary/aromatic N) is 1. The number of allylic oxidation sites excluding steroid dienone is 1. The van der Waals surface area contributed by atoms with Crippen molar-refractivity contribution in [2.75, 3.05) is 0 Å². The van der Waals surface area contributed by atoms with Gasteiger partial charge in [-0.1, -0.05) is 24.3 Å². The summed E-state index contributed by atoms with van der Waals surface area (Å²) in [5.41, 5.74) is 6.68. The summed E-state index contributed by atoms with van der Waals surface area (Å²) in [5.74, 6) is -0.652. The van der Waals surface area contributed by atoms with E-state index in [4.69, 9.17) is 19.6 Å². The summed E-state index contributed by atoms with van der Waals surface area (Å²) in [6.45, 7) is 1.30. The molecule has 0 spiro atoms. The molecular formula is C21H14N2O5. The number of nitriles is 1. The smallest absolute Gasteiger partial charge is 0.344 e. The molecule has 28 heavy (non-hydrogen) atoms. The van der Waals surface area contributed by atoms with Gasteiger partial charge in [-0.3, -0.25) is 4.79 Å². The molecular weight excluding hydrogens is 360 g/mol. The maximum atomic E-state index is 12.8. The molecule has 4 rings (SSSR count). The molecule has 1 aliphatic rings. The van der Waals surface area contributed by atoms with Crippen LogP contribution in [0, 0.1) is 11.3 Å². The molecule has 2 heterocycles. The molecule has 3 aromatic rings. The van der Waals surface area contributed by atoms with Crippen LogP contribution >= 0.6 is 0 Å². The predicted octanol–water partition coefficient (Wildman–Crippen LogP) is 2.94. The number of benzene rings is 2. The van der Waals surface area contributed by atoms with Gasteiger partial charge in [-0.15, -0.1) is 0 Å². The number of nitrogens with two attached hydrogens (primary N) is 1. The van der Waals surface area contributed by atoms with Gasteiger partial charge in [0.1, 0.15) is 23.0 Å². The van der Waals surface area contributed by atoms with E-state index in [1.165, 1.54) is 6.92 Å². The predicted molar refractivity (Wildman–Crippen MR) is 99.5 cm³/mol. The van der Waals surface area contributed by atoms with Crippen LogP contribution in [-0.2, 0) is 4.79 Å². The number of hydrogen-bond donors (Lipinski definition) is 1. The Bertz CT molecular complexity index is 1230. The van der Waals surface area contributed by atoms with Gasteiger partial charge in [0.25, 0.3) is 0 Å². The zero-order valence-corrected chi connectivity index (χ0v) is 14.8. The Hall–Kier alpha value is -4.05. The topological polar surface area (TPSA) is 116 Å². The first-order valence-electron chi connectivity index (χ1n) is 8.41. The van der Waals surface area contributed by atoms with Crippen LogP contribution in [0.1, 0.15) is 24.0 Å². The van der Waals surface area contributed by atoms with Crippen LogP contribution in [0.4, 0.5) is 0 Å². The normalized spacial score (nSPS) is 15.5. The first kappa shape index (κ1) is 17.4. The van der Waals surface area contributed by atoms with Crippen molar-refractivity contribution in [2.24, 2.45) is 5.73 Å². The maximum Gasteiger partial charge on any atom is 0.344 e. The standard InChI is InChI=1S/C21H14N2O5/c1-11(24)26-13-8-6-12(7-9-13)17-15(10-22)20(23)28-19-14-4-2-3-5-16(14)27-21(25)18(17)19/h2-9,17H,23H2,1H3. The van der Waals surface area contributed by atoms with Gasteiger partial charge in [0.05, 0.1) is 16.9 Å². The van der Waals surface area contributed by atoms with Gasteiger partial charge in [0.2, 0.25) is 5.88 Å². The largest absolute Gasteiger partial charge is 0.439 e. The number of fused-ring (bicyclic) bond motifs is 3. The second kappa shape index (κ2) is 6.59. The Morgan fingerprint density at radius 1 is 1.18 bits per heavy atom. The second-order valence-electron chi connectivity index (χ2n) is 6.22. The summed E-state index contributed by atoms with van der Waals surface area (Å²) < 4.78 is 16.1. The third kappa shape index (κ3) is 2.77. The van der Waals surface area contributed by atoms with Crippen LogP contribution < -0.4 is 20.8 Å². The van der Waals surface area contributed by atoms with E-state index >= 15 is 0 Å². The molecule has 0 saturated carbocycles. The summed E-state index contributed by atoms with van der Waals surface area (Å²) in [4.78, 5) is 23.9. The van der Waals surface area contributed by atoms with Gasteiger partial charge in [-0.05, 0) is 29.8 Å². The SMILES string of the molecule is CC(=O)Oc1ccc(C2C(C#N)=C(N)Oc3c2c(=O)oc2ccccc32)cc1. The summed E-state index contributed by atoms with van der Waals surface area (Å²) in [6.07, 6.45) is 0. The fourth-order valence-corrected chi connectivity index (χ4v) is 3.29. The Balaban J connectivity index is 1.94. The molecule has 0 radical (unpaired) electrons. The molecule has 0 aliphatic carbocycles. The number of rotatable bonds is 2. The molecule has 1 aliphatic heterocycles. The minimum atomic E-state index is -0.763. The minimum absolute atomic E-state index is 0.0696. The van der Waals surface area contributed by atoms with E-state index in [0.29, 0.717) is 22.3 Å². The van der Waals surface area contributed by atoms with Gasteiger partial charge in [0.15, 0.2) is 5.75 Å². The van der Waals surface area contributed by atoms with Crippen molar-refractivity contribution in [1.29, 1.82) is 5.26 Å². The molecule has 2 N–H and O–H groups in total. The molecule has 7 nitrogen and oxygen atoms in total. The van der Waals surface area contributed by atoms with E-state index in [9.17, 15) is 14.9 Å². The summed E-state index contributed by atoms with van der Waals surface area (Å²) in [7, 11) is 0. The molecule has 0 fully saturated rings. The van der Waals surface area contributed by atoms with E-state index in [2.05, 4.69) is 0 Å². The molecule has 0 amide bonds. The lowest BCUT2D eigenvalue weighted by atomic mass is 9.84. The first-order valence-corrected chi connectivity index (χ1v) is 8.41. The van der Waals surface area contributed by atoms with E-state index in [1.54, 1.807) is 48.5 Å². The molecule has 1 atom stereocenters. The van der Waals surface area contributed by atoms with E-state index in [0.717, 1.165) is 0 Å². The van der Waals surface area contributed by atoms with Gasteiger partial charge >= 0.3 is 11.6 Å². The van der Waals surface area contributed by atoms with Crippen molar-refractivity contribution in [3.05, 3.63) is 81.5 Å². The highest BCUT2D eigenvalue weighted by Crippen LogP contribution is 2.43. The van der Waals surface area contributed by atoms with Crippen LogP contribution in [0.25, 0.3) is 11.0 Å². The average molecular weight is 374 g/mol. The summed E-state index contributed by atoms with van der Waals surface area (Å²) >= 11 is 0. The van der Waals surface area contributed by atoms with Crippen molar-refractivity contribution in [2.45, 2.75) is 12.8 Å². The van der Waals surface area contributed by atoms with Crippen molar-refractivity contribution in [3.8, 4) is 17.6 Å². The van der Waals surface area contributed by atoms with E-state index in [-0.39, 0.29) is 22.8 Å². The Morgan fingerprint density at radius 3 is 2.57 bits per heavy atom. The van der Waals surface area contributed by atoms with Crippen LogP contribution in [-0.4, -0.2) is 5.97 Å². The van der Waals surface area contributed by atoms with Gasteiger partial charge in [-0.25, -0.2) is 4.79 Å². The third-order valence-electron chi connectivity index (χ3n) is 4.45. The molecule has 7 heteroatoms. The molecule has 2 aromatic carbocycles.